The second-order valence-corrected chi connectivity index (χ2v) is 16.5. The number of carbonyl (C=O) groups excluding carboxylic acids is 5. The largest absolute Gasteiger partial charge is 0.462 e. The highest BCUT2D eigenvalue weighted by atomic mass is 16.7. The summed E-state index contributed by atoms with van der Waals surface area (Å²) in [6.07, 6.45) is -3.32. The lowest BCUT2D eigenvalue weighted by molar-refractivity contribution is -0.346. The minimum Gasteiger partial charge on any atom is -0.462 e. The third-order valence-corrected chi connectivity index (χ3v) is 11.0. The van der Waals surface area contributed by atoms with Gasteiger partial charge in [-0.2, -0.15) is 0 Å². The van der Waals surface area contributed by atoms with Crippen LogP contribution in [0.5, 0.6) is 0 Å². The fraction of sp³-hybridized carbons (Fsp3) is 0.791. The number of methoxy groups -OCH3 is 1. The first-order valence-electron chi connectivity index (χ1n) is 20.9. The molecule has 2 saturated heterocycles. The van der Waals surface area contributed by atoms with Crippen molar-refractivity contribution in [2.45, 2.75) is 180 Å². The summed E-state index contributed by atoms with van der Waals surface area (Å²) in [5, 5.41) is 11.7. The summed E-state index contributed by atoms with van der Waals surface area (Å²) in [6.45, 7) is 15.0. The molecule has 16 unspecified atom stereocenters. The zero-order valence-electron chi connectivity index (χ0n) is 37.3. The topological polar surface area (TPSA) is 201 Å². The van der Waals surface area contributed by atoms with Gasteiger partial charge in [-0.3, -0.25) is 19.2 Å². The van der Waals surface area contributed by atoms with Crippen LogP contribution in [-0.4, -0.2) is 153 Å². The Morgan fingerprint density at radius 3 is 2.20 bits per heavy atom. The molecule has 342 valence electrons. The first kappa shape index (κ1) is 51.1. The van der Waals surface area contributed by atoms with Gasteiger partial charge in [0.15, 0.2) is 18.7 Å². The molecule has 3 aliphatic rings. The van der Waals surface area contributed by atoms with Crippen LogP contribution in [0.1, 0.15) is 94.4 Å². The van der Waals surface area contributed by atoms with Gasteiger partial charge in [0, 0.05) is 53.8 Å². The number of nitrogens with zero attached hydrogens (tertiary/aromatic N) is 1. The fourth-order valence-corrected chi connectivity index (χ4v) is 8.56. The molecule has 0 bridgehead atoms. The molecule has 0 aromatic rings. The van der Waals surface area contributed by atoms with Crippen molar-refractivity contribution >= 4 is 30.2 Å². The molecule has 17 nitrogen and oxygen atoms in total. The van der Waals surface area contributed by atoms with Crippen LogP contribution in [-0.2, 0) is 71.3 Å². The number of allylic oxidation sites excluding steroid dienone is 2. The van der Waals surface area contributed by atoms with Gasteiger partial charge in [-0.15, -0.1) is 0 Å². The first-order chi connectivity index (χ1) is 28.2. The van der Waals surface area contributed by atoms with Gasteiger partial charge in [0.05, 0.1) is 36.9 Å². The Hall–Kier alpha value is -3.29. The SMILES string of the molecule is CCOC1C(C)OC(OC2C(C)OC(OC3C(CC=O)CC(C)C(OC(C)=O)C=CC=CCC(C)OC(=O)CC(O)C3OC)C(OC(C)=O)C2N(C)C)CC1(C)OC(C)=O. The molecule has 0 aliphatic carbocycles. The van der Waals surface area contributed by atoms with Crippen LogP contribution in [0.4, 0.5) is 0 Å². The van der Waals surface area contributed by atoms with Gasteiger partial charge < -0.3 is 62.2 Å². The molecule has 3 rings (SSSR count). The smallest absolute Gasteiger partial charge is 0.308 e. The van der Waals surface area contributed by atoms with Crippen molar-refractivity contribution in [2.75, 3.05) is 27.8 Å². The van der Waals surface area contributed by atoms with Crippen molar-refractivity contribution < 1.29 is 76.4 Å². The van der Waals surface area contributed by atoms with E-state index in [0.717, 1.165) is 0 Å². The summed E-state index contributed by atoms with van der Waals surface area (Å²) in [5.74, 6) is -3.42. The van der Waals surface area contributed by atoms with E-state index < -0.39 is 121 Å². The van der Waals surface area contributed by atoms with Crippen molar-refractivity contribution in [3.05, 3.63) is 24.3 Å². The fourth-order valence-electron chi connectivity index (χ4n) is 8.56. The molecule has 2 fully saturated rings. The molecule has 17 heteroatoms. The molecule has 1 N–H and O–H groups in total. The summed E-state index contributed by atoms with van der Waals surface area (Å²) < 4.78 is 61.3. The molecular weight excluding hydrogens is 786 g/mol. The highest BCUT2D eigenvalue weighted by molar-refractivity contribution is 5.70. The standard InChI is InChI=1S/C43H69NO16/c1-13-52-41-27(5)54-35(23-43(41,9)60-30(8)48)58-37-26(4)55-42(40(57-29(7)47)36(37)44(10)11)59-38-31(19-20-45)21-24(2)33(56-28(6)46)18-16-14-15-17-25(3)53-34(50)22-32(49)39(38)51-12/h14-16,18,20,24-27,31-33,35-42,49H,13,17,19,21-23H2,1-12H3. The van der Waals surface area contributed by atoms with Gasteiger partial charge in [0.1, 0.15) is 42.4 Å². The van der Waals surface area contributed by atoms with Crippen LogP contribution in [0, 0.1) is 11.8 Å². The summed E-state index contributed by atoms with van der Waals surface area (Å²) in [5.41, 5.74) is -1.10. The minimum atomic E-state index is -1.48. The van der Waals surface area contributed by atoms with E-state index in [0.29, 0.717) is 19.3 Å². The van der Waals surface area contributed by atoms with Crippen molar-refractivity contribution in [3.8, 4) is 0 Å². The Bertz CT molecular complexity index is 1470. The predicted octanol–water partition coefficient (Wildman–Crippen LogP) is 3.60. The Labute approximate surface area is 354 Å². The van der Waals surface area contributed by atoms with Gasteiger partial charge in [0.2, 0.25) is 0 Å². The summed E-state index contributed by atoms with van der Waals surface area (Å²) in [6, 6.07) is -0.741. The number of hydrogen-bond donors (Lipinski definition) is 1. The average Bonchev–Trinajstić information content (AvgIpc) is 3.12. The molecule has 3 aliphatic heterocycles. The minimum absolute atomic E-state index is 0.0934. The van der Waals surface area contributed by atoms with E-state index in [1.807, 2.05) is 31.7 Å². The number of aldehydes is 1. The van der Waals surface area contributed by atoms with Crippen LogP contribution < -0.4 is 0 Å². The second kappa shape index (κ2) is 23.8. The summed E-state index contributed by atoms with van der Waals surface area (Å²) in [4.78, 5) is 64.7. The van der Waals surface area contributed by atoms with Gasteiger partial charge >= 0.3 is 23.9 Å². The van der Waals surface area contributed by atoms with Gasteiger partial charge in [0.25, 0.3) is 0 Å². The highest BCUT2D eigenvalue weighted by Gasteiger charge is 2.55. The molecule has 0 aromatic carbocycles. The normalized spacial score (nSPS) is 38.4. The van der Waals surface area contributed by atoms with Crippen molar-refractivity contribution in [2.24, 2.45) is 11.8 Å². The second-order valence-electron chi connectivity index (χ2n) is 16.5. The zero-order valence-corrected chi connectivity index (χ0v) is 37.3. The van der Waals surface area contributed by atoms with Gasteiger partial charge in [-0.25, -0.2) is 0 Å². The maximum Gasteiger partial charge on any atom is 0.308 e. The number of carbonyl (C=O) groups is 5. The number of hydrogen-bond acceptors (Lipinski definition) is 17. The molecular formula is C43H69NO16. The van der Waals surface area contributed by atoms with E-state index in [2.05, 4.69) is 0 Å². The van der Waals surface area contributed by atoms with Crippen LogP contribution in [0.15, 0.2) is 24.3 Å². The molecule has 16 atom stereocenters. The van der Waals surface area contributed by atoms with Gasteiger partial charge in [-0.05, 0) is 73.0 Å². The number of aliphatic hydroxyl groups excluding tert-OH is 1. The van der Waals surface area contributed by atoms with E-state index in [1.165, 1.54) is 27.9 Å². The van der Waals surface area contributed by atoms with E-state index >= 15 is 0 Å². The molecule has 0 spiro atoms. The first-order valence-corrected chi connectivity index (χ1v) is 20.9. The van der Waals surface area contributed by atoms with Crippen LogP contribution in [0.3, 0.4) is 0 Å². The lowest BCUT2D eigenvalue weighted by Crippen LogP contribution is -2.66. The van der Waals surface area contributed by atoms with E-state index in [4.69, 9.17) is 47.4 Å². The van der Waals surface area contributed by atoms with E-state index in [9.17, 15) is 29.1 Å². The van der Waals surface area contributed by atoms with Crippen molar-refractivity contribution in [1.82, 2.24) is 4.90 Å². The van der Waals surface area contributed by atoms with Crippen LogP contribution >= 0.6 is 0 Å². The molecule has 3 heterocycles. The van der Waals surface area contributed by atoms with Crippen LogP contribution in [0.25, 0.3) is 0 Å². The molecule has 0 amide bonds. The summed E-state index contributed by atoms with van der Waals surface area (Å²) >= 11 is 0. The monoisotopic (exact) mass is 855 g/mol. The Morgan fingerprint density at radius 2 is 1.62 bits per heavy atom. The average molecular weight is 856 g/mol. The predicted molar refractivity (Wildman–Crippen MR) is 215 cm³/mol. The van der Waals surface area contributed by atoms with Crippen molar-refractivity contribution in [3.63, 3.8) is 0 Å². The molecule has 0 radical (unpaired) electrons. The lowest BCUT2D eigenvalue weighted by Gasteiger charge is -2.51. The number of esters is 4. The number of likely N-dealkylation sites (N-methyl/N-ethyl adjacent to an activating group) is 1. The Balaban J connectivity index is 2.10. The Morgan fingerprint density at radius 1 is 0.933 bits per heavy atom. The number of aliphatic hydroxyl groups is 1. The molecule has 60 heavy (non-hydrogen) atoms. The number of cyclic esters (lactones) is 1. The quantitative estimate of drug-likeness (QED) is 0.160. The maximum absolute atomic E-state index is 13.1. The van der Waals surface area contributed by atoms with E-state index in [-0.39, 0.29) is 25.2 Å². The van der Waals surface area contributed by atoms with Crippen molar-refractivity contribution in [1.29, 1.82) is 0 Å². The Kier molecular flexibility index (Phi) is 20.3. The van der Waals surface area contributed by atoms with E-state index in [1.54, 1.807) is 53.1 Å². The zero-order chi connectivity index (χ0) is 44.9. The van der Waals surface area contributed by atoms with Crippen LogP contribution in [0.2, 0.25) is 0 Å². The number of rotatable bonds is 13. The lowest BCUT2D eigenvalue weighted by atomic mass is 9.82. The highest BCUT2D eigenvalue weighted by Crippen LogP contribution is 2.39. The number of ether oxygens (including phenoxy) is 10. The molecule has 0 saturated carbocycles. The van der Waals surface area contributed by atoms with Gasteiger partial charge in [-0.1, -0.05) is 25.2 Å². The third-order valence-electron chi connectivity index (χ3n) is 11.0. The molecule has 0 aromatic heterocycles. The third kappa shape index (κ3) is 14.4. The maximum atomic E-state index is 13.1. The summed E-state index contributed by atoms with van der Waals surface area (Å²) in [7, 11) is 4.90.